The lowest BCUT2D eigenvalue weighted by Crippen LogP contribution is -2.75. The fourth-order valence-corrected chi connectivity index (χ4v) is 2.98. The Hall–Kier alpha value is -1.17. The molecule has 0 heterocycles. The number of hydrogen-bond acceptors (Lipinski definition) is 3. The van der Waals surface area contributed by atoms with Crippen LogP contribution in [0.15, 0.2) is 18.2 Å². The number of aryl methyl sites for hydroxylation is 1. The first-order valence-corrected chi connectivity index (χ1v) is 7.66. The molecule has 4 nitrogen and oxygen atoms in total. The van der Waals surface area contributed by atoms with E-state index in [2.05, 4.69) is 5.32 Å². The van der Waals surface area contributed by atoms with Crippen molar-refractivity contribution in [2.75, 3.05) is 6.61 Å². The molecule has 2 atom stereocenters. The summed E-state index contributed by atoms with van der Waals surface area (Å²) < 4.78 is 18.9. The third kappa shape index (κ3) is 3.52. The molecular weight excluding hydrogens is 319 g/mol. The molecule has 1 aromatic rings. The van der Waals surface area contributed by atoms with Gasteiger partial charge in [0.15, 0.2) is 0 Å². The van der Waals surface area contributed by atoms with Gasteiger partial charge in [-0.1, -0.05) is 26.0 Å². The lowest BCUT2D eigenvalue weighted by molar-refractivity contribution is -0.170. The Labute approximate surface area is 143 Å². The fraction of sp³-hybridized carbons (Fsp3) is 0.588. The summed E-state index contributed by atoms with van der Waals surface area (Å²) >= 11 is 0. The van der Waals surface area contributed by atoms with Gasteiger partial charge in [-0.05, 0) is 31.0 Å². The highest BCUT2D eigenvalue weighted by molar-refractivity contribution is 5.88. The first-order valence-electron chi connectivity index (χ1n) is 7.66. The molecule has 1 aromatic carbocycles. The second-order valence-electron chi connectivity index (χ2n) is 6.61. The van der Waals surface area contributed by atoms with Crippen molar-refractivity contribution in [1.82, 2.24) is 5.32 Å². The van der Waals surface area contributed by atoms with Crippen LogP contribution in [0.2, 0.25) is 0 Å². The van der Waals surface area contributed by atoms with Crippen LogP contribution in [-0.4, -0.2) is 24.2 Å². The van der Waals surface area contributed by atoms with Crippen LogP contribution in [0.25, 0.3) is 0 Å². The summed E-state index contributed by atoms with van der Waals surface area (Å²) in [6.45, 7) is 8.50. The summed E-state index contributed by atoms with van der Waals surface area (Å²) in [5.74, 6) is -0.430. The van der Waals surface area contributed by atoms with E-state index in [9.17, 15) is 9.18 Å². The van der Waals surface area contributed by atoms with Crippen LogP contribution in [0.4, 0.5) is 4.39 Å². The highest BCUT2D eigenvalue weighted by atomic mass is 35.5. The molecule has 1 aliphatic carbocycles. The molecule has 3 N–H and O–H groups in total. The number of hydrogen-bond donors (Lipinski definition) is 2. The maximum absolute atomic E-state index is 13.2. The largest absolute Gasteiger partial charge is 0.378 e. The van der Waals surface area contributed by atoms with Crippen LogP contribution in [0.5, 0.6) is 0 Å². The normalized spacial score (nSPS) is 25.2. The minimum absolute atomic E-state index is 0. The maximum Gasteiger partial charge on any atom is 0.241 e. The number of nitrogens with two attached hydrogens (primary N) is 1. The number of rotatable bonds is 5. The first-order chi connectivity index (χ1) is 10.2. The van der Waals surface area contributed by atoms with E-state index in [4.69, 9.17) is 10.5 Å². The summed E-state index contributed by atoms with van der Waals surface area (Å²) in [6.07, 6.45) is 0.517. The molecule has 2 unspecified atom stereocenters. The van der Waals surface area contributed by atoms with Gasteiger partial charge in [0.25, 0.3) is 0 Å². The van der Waals surface area contributed by atoms with Gasteiger partial charge in [-0.2, -0.15) is 0 Å². The van der Waals surface area contributed by atoms with Gasteiger partial charge < -0.3 is 15.8 Å². The molecular formula is C17H26ClFN2O2. The molecule has 1 amide bonds. The number of carbonyl (C=O) groups is 1. The number of halogens is 2. The van der Waals surface area contributed by atoms with Gasteiger partial charge in [0.2, 0.25) is 5.91 Å². The van der Waals surface area contributed by atoms with E-state index in [1.165, 1.54) is 6.07 Å². The molecule has 6 heteroatoms. The molecule has 0 aromatic heterocycles. The highest BCUT2D eigenvalue weighted by Gasteiger charge is 2.62. The van der Waals surface area contributed by atoms with Crippen LogP contribution in [0.3, 0.4) is 0 Å². The predicted octanol–water partition coefficient (Wildman–Crippen LogP) is 2.70. The Bertz CT molecular complexity index is 580. The molecule has 1 fully saturated rings. The van der Waals surface area contributed by atoms with Crippen molar-refractivity contribution in [3.05, 3.63) is 35.1 Å². The zero-order valence-electron chi connectivity index (χ0n) is 14.1. The summed E-state index contributed by atoms with van der Waals surface area (Å²) in [5, 5.41) is 2.86. The quantitative estimate of drug-likeness (QED) is 0.863. The van der Waals surface area contributed by atoms with E-state index in [0.29, 0.717) is 25.1 Å². The van der Waals surface area contributed by atoms with E-state index in [-0.39, 0.29) is 30.2 Å². The van der Waals surface area contributed by atoms with E-state index in [1.54, 1.807) is 19.1 Å². The van der Waals surface area contributed by atoms with Gasteiger partial charge in [-0.25, -0.2) is 4.39 Å². The number of carbonyl (C=O) groups excluding carboxylic acids is 1. The van der Waals surface area contributed by atoms with Crippen molar-refractivity contribution in [3.63, 3.8) is 0 Å². The fourth-order valence-electron chi connectivity index (χ4n) is 2.98. The third-order valence-electron chi connectivity index (χ3n) is 4.91. The van der Waals surface area contributed by atoms with Crippen molar-refractivity contribution in [1.29, 1.82) is 0 Å². The van der Waals surface area contributed by atoms with Crippen LogP contribution < -0.4 is 11.1 Å². The van der Waals surface area contributed by atoms with E-state index in [1.807, 2.05) is 20.8 Å². The molecule has 0 saturated heterocycles. The summed E-state index contributed by atoms with van der Waals surface area (Å²) in [4.78, 5) is 12.5. The van der Waals surface area contributed by atoms with Crippen LogP contribution in [-0.2, 0) is 16.1 Å². The van der Waals surface area contributed by atoms with E-state index >= 15 is 0 Å². The Morgan fingerprint density at radius 2 is 2.13 bits per heavy atom. The second kappa shape index (κ2) is 7.16. The first kappa shape index (κ1) is 19.9. The molecule has 1 aliphatic rings. The van der Waals surface area contributed by atoms with E-state index < -0.39 is 11.0 Å². The molecule has 0 radical (unpaired) electrons. The highest BCUT2D eigenvalue weighted by Crippen LogP contribution is 2.49. The molecule has 130 valence electrons. The molecule has 2 rings (SSSR count). The Balaban J connectivity index is 0.00000264. The topological polar surface area (TPSA) is 64.3 Å². The molecule has 0 aliphatic heterocycles. The van der Waals surface area contributed by atoms with Gasteiger partial charge >= 0.3 is 0 Å². The molecule has 23 heavy (non-hydrogen) atoms. The van der Waals surface area contributed by atoms with Gasteiger partial charge in [-0.15, -0.1) is 12.4 Å². The smallest absolute Gasteiger partial charge is 0.241 e. The lowest BCUT2D eigenvalue weighted by Gasteiger charge is -2.57. The minimum atomic E-state index is -0.929. The van der Waals surface area contributed by atoms with Crippen molar-refractivity contribution in [3.8, 4) is 0 Å². The Morgan fingerprint density at radius 3 is 2.65 bits per heavy atom. The molecule has 0 bridgehead atoms. The maximum atomic E-state index is 13.2. The monoisotopic (exact) mass is 344 g/mol. The molecule has 1 saturated carbocycles. The minimum Gasteiger partial charge on any atom is -0.378 e. The number of ether oxygens (including phenoxy) is 1. The van der Waals surface area contributed by atoms with Crippen molar-refractivity contribution < 1.29 is 13.9 Å². The summed E-state index contributed by atoms with van der Waals surface area (Å²) in [5.41, 5.74) is 6.39. The Kier molecular flexibility index (Phi) is 6.18. The van der Waals surface area contributed by atoms with Crippen molar-refractivity contribution in [2.45, 2.75) is 52.3 Å². The number of benzene rings is 1. The third-order valence-corrected chi connectivity index (χ3v) is 4.91. The summed E-state index contributed by atoms with van der Waals surface area (Å²) in [7, 11) is 0. The number of amides is 1. The lowest BCUT2D eigenvalue weighted by atomic mass is 9.54. The standard InChI is InChI=1S/C17H25FN2O2.ClH/c1-5-22-14-9-17(19,16(14,3)4)15(21)20-10-12-6-7-13(18)11(2)8-12;/h6-8,14H,5,9-10,19H2,1-4H3,(H,20,21);1H. The van der Waals surface area contributed by atoms with Crippen molar-refractivity contribution in [2.24, 2.45) is 11.1 Å². The molecule has 0 spiro atoms. The number of nitrogens with one attached hydrogen (secondary N) is 1. The van der Waals surface area contributed by atoms with Gasteiger partial charge in [0, 0.05) is 25.0 Å². The van der Waals surface area contributed by atoms with Gasteiger partial charge in [0.05, 0.1) is 6.10 Å². The van der Waals surface area contributed by atoms with Crippen molar-refractivity contribution >= 4 is 18.3 Å². The average molecular weight is 345 g/mol. The van der Waals surface area contributed by atoms with Crippen LogP contribution in [0.1, 0.15) is 38.3 Å². The zero-order valence-corrected chi connectivity index (χ0v) is 14.9. The predicted molar refractivity (Wildman–Crippen MR) is 91.0 cm³/mol. The van der Waals surface area contributed by atoms with E-state index in [0.717, 1.165) is 5.56 Å². The van der Waals surface area contributed by atoms with Gasteiger partial charge in [-0.3, -0.25) is 4.79 Å². The zero-order chi connectivity index (χ0) is 16.5. The van der Waals surface area contributed by atoms with Crippen LogP contribution >= 0.6 is 12.4 Å². The van der Waals surface area contributed by atoms with Crippen LogP contribution in [0, 0.1) is 18.2 Å². The second-order valence-corrected chi connectivity index (χ2v) is 6.61. The average Bonchev–Trinajstić information content (AvgIpc) is 2.47. The summed E-state index contributed by atoms with van der Waals surface area (Å²) in [6, 6.07) is 4.81. The SMILES string of the molecule is CCOC1CC(N)(C(=O)NCc2ccc(F)c(C)c2)C1(C)C.Cl. The Morgan fingerprint density at radius 1 is 1.48 bits per heavy atom. The van der Waals surface area contributed by atoms with Gasteiger partial charge in [0.1, 0.15) is 11.4 Å².